The fourth-order valence-electron chi connectivity index (χ4n) is 3.70. The van der Waals surface area contributed by atoms with Crippen LogP contribution in [-0.2, 0) is 10.0 Å². The van der Waals surface area contributed by atoms with Gasteiger partial charge in [0.1, 0.15) is 6.10 Å². The van der Waals surface area contributed by atoms with Gasteiger partial charge in [-0.1, -0.05) is 31.2 Å². The zero-order chi connectivity index (χ0) is 23.5. The van der Waals surface area contributed by atoms with Gasteiger partial charge in [-0.3, -0.25) is 9.52 Å². The number of hydrogen-bond acceptors (Lipinski definition) is 6. The highest BCUT2D eigenvalue weighted by Gasteiger charge is 2.34. The van der Waals surface area contributed by atoms with Crippen LogP contribution < -0.4 is 9.46 Å². The van der Waals surface area contributed by atoms with Gasteiger partial charge in [0.05, 0.1) is 28.8 Å². The number of anilines is 1. The first-order valence-electron chi connectivity index (χ1n) is 10.6. The number of ether oxygens (including phenoxy) is 1. The maximum atomic E-state index is 13.4. The lowest BCUT2D eigenvalue weighted by molar-refractivity contribution is 0.0366. The highest BCUT2D eigenvalue weighted by molar-refractivity contribution is 7.92. The smallest absolute Gasteiger partial charge is 0.262 e. The number of aliphatic hydroxyl groups is 1. The third-order valence-corrected chi connectivity index (χ3v) is 6.92. The number of nitrogens with one attached hydrogen (secondary N) is 1. The molecule has 2 N–H and O–H groups in total. The van der Waals surface area contributed by atoms with Gasteiger partial charge in [-0.05, 0) is 45.3 Å². The number of benzene rings is 2. The van der Waals surface area contributed by atoms with Crippen molar-refractivity contribution >= 4 is 21.6 Å². The van der Waals surface area contributed by atoms with Gasteiger partial charge >= 0.3 is 0 Å². The maximum absolute atomic E-state index is 13.4. The Labute approximate surface area is 189 Å². The lowest BCUT2D eigenvalue weighted by Gasteiger charge is -2.38. The van der Waals surface area contributed by atoms with Crippen LogP contribution >= 0.6 is 0 Å². The molecule has 2 aromatic carbocycles. The quantitative estimate of drug-likeness (QED) is 0.656. The minimum absolute atomic E-state index is 0.0534. The third kappa shape index (κ3) is 5.23. The summed E-state index contributed by atoms with van der Waals surface area (Å²) in [5.41, 5.74) is 0.461. The largest absolute Gasteiger partial charge is 0.486 e. The Morgan fingerprint density at radius 1 is 1.19 bits per heavy atom. The second-order valence-electron chi connectivity index (χ2n) is 8.49. The molecule has 0 saturated carbocycles. The van der Waals surface area contributed by atoms with Crippen LogP contribution in [-0.4, -0.2) is 75.2 Å². The van der Waals surface area contributed by atoms with Gasteiger partial charge in [0.2, 0.25) is 0 Å². The zero-order valence-electron chi connectivity index (χ0n) is 18.9. The summed E-state index contributed by atoms with van der Waals surface area (Å²) in [5, 5.41) is 9.72. The van der Waals surface area contributed by atoms with E-state index in [1.165, 1.54) is 12.1 Å². The van der Waals surface area contributed by atoms with Crippen LogP contribution in [0.25, 0.3) is 0 Å². The second kappa shape index (κ2) is 9.89. The lowest BCUT2D eigenvalue weighted by atomic mass is 9.99. The molecule has 0 spiro atoms. The number of carbonyl (C=O) groups excluding carboxylic acids is 1. The van der Waals surface area contributed by atoms with E-state index in [-0.39, 0.29) is 52.5 Å². The van der Waals surface area contributed by atoms with Crippen molar-refractivity contribution in [3.8, 4) is 5.75 Å². The zero-order valence-corrected chi connectivity index (χ0v) is 19.7. The number of carbonyl (C=O) groups is 1. The van der Waals surface area contributed by atoms with E-state index in [0.717, 1.165) is 0 Å². The normalized spacial score (nSPS) is 20.2. The molecular formula is C23H31N3O5S. The van der Waals surface area contributed by atoms with Gasteiger partial charge < -0.3 is 19.6 Å². The SMILES string of the molecule is C[C@@H]1CN([C@@H](C)CO)C(=O)c2cccc(NS(=O)(=O)c3ccccc3)c2O[C@@H]1CN(C)C. The van der Waals surface area contributed by atoms with E-state index >= 15 is 0 Å². The monoisotopic (exact) mass is 461 g/mol. The minimum atomic E-state index is -3.88. The molecule has 0 bridgehead atoms. The van der Waals surface area contributed by atoms with Gasteiger partial charge in [-0.25, -0.2) is 8.42 Å². The second-order valence-corrected chi connectivity index (χ2v) is 10.2. The number of nitrogens with zero attached hydrogens (tertiary/aromatic N) is 2. The molecule has 1 aliphatic heterocycles. The summed E-state index contributed by atoms with van der Waals surface area (Å²) in [7, 11) is -0.0200. The van der Waals surface area contributed by atoms with Gasteiger partial charge in [0, 0.05) is 19.0 Å². The van der Waals surface area contributed by atoms with E-state index in [1.54, 1.807) is 48.2 Å². The molecule has 0 radical (unpaired) electrons. The molecule has 0 aliphatic carbocycles. The maximum Gasteiger partial charge on any atom is 0.262 e. The molecule has 8 nitrogen and oxygen atoms in total. The highest BCUT2D eigenvalue weighted by Crippen LogP contribution is 2.36. The summed E-state index contributed by atoms with van der Waals surface area (Å²) in [4.78, 5) is 17.1. The van der Waals surface area contributed by atoms with Crippen molar-refractivity contribution in [1.82, 2.24) is 9.80 Å². The predicted molar refractivity (Wildman–Crippen MR) is 123 cm³/mol. The van der Waals surface area contributed by atoms with Crippen LogP contribution in [0, 0.1) is 5.92 Å². The first-order chi connectivity index (χ1) is 15.1. The summed E-state index contributed by atoms with van der Waals surface area (Å²) in [6.45, 7) is 4.59. The van der Waals surface area contributed by atoms with Crippen molar-refractivity contribution in [2.45, 2.75) is 30.9 Å². The van der Waals surface area contributed by atoms with Crippen LogP contribution in [0.3, 0.4) is 0 Å². The molecule has 3 atom stereocenters. The summed E-state index contributed by atoms with van der Waals surface area (Å²) < 4.78 is 34.8. The molecule has 3 rings (SSSR count). The van der Waals surface area contributed by atoms with Crippen LogP contribution in [0.1, 0.15) is 24.2 Å². The average Bonchev–Trinajstić information content (AvgIpc) is 2.76. The van der Waals surface area contributed by atoms with Gasteiger partial charge in [0.15, 0.2) is 5.75 Å². The number of hydrogen-bond donors (Lipinski definition) is 2. The number of sulfonamides is 1. The van der Waals surface area contributed by atoms with E-state index < -0.39 is 10.0 Å². The van der Waals surface area contributed by atoms with E-state index in [1.807, 2.05) is 25.9 Å². The fourth-order valence-corrected chi connectivity index (χ4v) is 4.79. The van der Waals surface area contributed by atoms with Crippen molar-refractivity contribution in [3.63, 3.8) is 0 Å². The lowest BCUT2D eigenvalue weighted by Crippen LogP contribution is -2.49. The van der Waals surface area contributed by atoms with Gasteiger partial charge in [0.25, 0.3) is 15.9 Å². The van der Waals surface area contributed by atoms with Crippen molar-refractivity contribution in [2.24, 2.45) is 5.92 Å². The van der Waals surface area contributed by atoms with Crippen molar-refractivity contribution in [2.75, 3.05) is 38.5 Å². The van der Waals surface area contributed by atoms with E-state index in [2.05, 4.69) is 4.72 Å². The number of amides is 1. The Balaban J connectivity index is 2.09. The molecule has 1 aliphatic rings. The van der Waals surface area contributed by atoms with Crippen LogP contribution in [0.5, 0.6) is 5.75 Å². The Morgan fingerprint density at radius 3 is 2.50 bits per heavy atom. The minimum Gasteiger partial charge on any atom is -0.486 e. The summed E-state index contributed by atoms with van der Waals surface area (Å²) in [5.74, 6) is -0.162. The van der Waals surface area contributed by atoms with E-state index in [0.29, 0.717) is 13.1 Å². The number of rotatable bonds is 7. The first-order valence-corrected chi connectivity index (χ1v) is 12.1. The topological polar surface area (TPSA) is 99.2 Å². The highest BCUT2D eigenvalue weighted by atomic mass is 32.2. The molecule has 0 fully saturated rings. The summed E-state index contributed by atoms with van der Waals surface area (Å²) >= 11 is 0. The molecule has 0 saturated heterocycles. The predicted octanol–water partition coefficient (Wildman–Crippen LogP) is 2.27. The Kier molecular flexibility index (Phi) is 7.43. The molecule has 174 valence electrons. The van der Waals surface area contributed by atoms with Gasteiger partial charge in [-0.2, -0.15) is 0 Å². The molecule has 32 heavy (non-hydrogen) atoms. The third-order valence-electron chi connectivity index (χ3n) is 5.53. The van der Waals surface area contributed by atoms with Crippen LogP contribution in [0.15, 0.2) is 53.4 Å². The van der Waals surface area contributed by atoms with Gasteiger partial charge in [-0.15, -0.1) is 0 Å². The Morgan fingerprint density at radius 2 is 1.88 bits per heavy atom. The number of para-hydroxylation sites is 1. The number of fused-ring (bicyclic) bond motifs is 1. The summed E-state index contributed by atoms with van der Waals surface area (Å²) in [6.07, 6.45) is -0.298. The molecule has 2 aromatic rings. The Bertz CT molecular complexity index is 1040. The fraction of sp³-hybridized carbons (Fsp3) is 0.435. The number of aliphatic hydroxyl groups excluding tert-OH is 1. The van der Waals surface area contributed by atoms with E-state index in [9.17, 15) is 18.3 Å². The molecule has 1 amide bonds. The first kappa shape index (κ1) is 24.0. The molecular weight excluding hydrogens is 430 g/mol. The van der Waals surface area contributed by atoms with Crippen LogP contribution in [0.4, 0.5) is 5.69 Å². The standard InChI is InChI=1S/C23H31N3O5S/c1-16-13-26(17(2)15-27)23(28)19-11-8-12-20(22(19)31-21(16)14-25(3)4)24-32(29,30)18-9-6-5-7-10-18/h5-12,16-17,21,24,27H,13-15H2,1-4H3/t16-,17+,21-/m1/s1. The molecule has 1 heterocycles. The average molecular weight is 462 g/mol. The van der Waals surface area contributed by atoms with Crippen molar-refractivity contribution in [3.05, 3.63) is 54.1 Å². The molecule has 0 aromatic heterocycles. The molecule has 0 unspecified atom stereocenters. The van der Waals surface area contributed by atoms with Crippen molar-refractivity contribution < 1.29 is 23.1 Å². The summed E-state index contributed by atoms with van der Waals surface area (Å²) in [6, 6.07) is 12.5. The Hall–Kier alpha value is -2.62. The van der Waals surface area contributed by atoms with Crippen molar-refractivity contribution in [1.29, 1.82) is 0 Å². The van der Waals surface area contributed by atoms with E-state index in [4.69, 9.17) is 4.74 Å². The van der Waals surface area contributed by atoms with Crippen LogP contribution in [0.2, 0.25) is 0 Å². The number of likely N-dealkylation sites (N-methyl/N-ethyl adjacent to an activating group) is 1. The molecule has 9 heteroatoms.